The minimum atomic E-state index is -0.352. The van der Waals surface area contributed by atoms with Crippen molar-refractivity contribution >= 4 is 11.8 Å². The smallest absolute Gasteiger partial charge is 0.338 e. The zero-order chi connectivity index (χ0) is 20.2. The zero-order valence-electron chi connectivity index (χ0n) is 17.1. The maximum absolute atomic E-state index is 13.0. The van der Waals surface area contributed by atoms with E-state index in [0.717, 1.165) is 44.5 Å². The van der Waals surface area contributed by atoms with Gasteiger partial charge in [0.1, 0.15) is 0 Å². The lowest BCUT2D eigenvalue weighted by Gasteiger charge is -2.33. The fraction of sp³-hybridized carbons (Fsp3) is 0.440. The first-order chi connectivity index (χ1) is 14.2. The Kier molecular flexibility index (Phi) is 6.10. The van der Waals surface area contributed by atoms with E-state index in [2.05, 4.69) is 35.2 Å². The van der Waals surface area contributed by atoms with E-state index in [4.69, 9.17) is 4.74 Å². The molecular formula is C25H29NO3. The van der Waals surface area contributed by atoms with Crippen molar-refractivity contribution in [1.29, 1.82) is 0 Å². The number of carbonyl (C=O) groups excluding carboxylic acids is 2. The third-order valence-corrected chi connectivity index (χ3v) is 6.61. The van der Waals surface area contributed by atoms with Crippen molar-refractivity contribution in [2.75, 3.05) is 26.7 Å². The van der Waals surface area contributed by atoms with Crippen LogP contribution in [0.5, 0.6) is 0 Å². The van der Waals surface area contributed by atoms with Gasteiger partial charge in [-0.25, -0.2) is 4.79 Å². The number of Topliss-reactive ketones (excluding diaryl/α,β-unsaturated/α-hetero) is 1. The fourth-order valence-electron chi connectivity index (χ4n) is 4.89. The van der Waals surface area contributed by atoms with E-state index in [1.807, 2.05) is 6.07 Å². The van der Waals surface area contributed by atoms with Gasteiger partial charge in [-0.15, -0.1) is 0 Å². The Morgan fingerprint density at radius 1 is 1.03 bits per heavy atom. The summed E-state index contributed by atoms with van der Waals surface area (Å²) in [6.07, 6.45) is 4.87. The standard InChI is InChI=1S/C25H29NO3/c1-29-25(28)23-9-5-8-22-21(23)11-10-20(24(22)27)14-17-26-15-12-19(13-16-26)18-6-3-2-4-7-18/h2-9,19-20H,10-17H2,1H3. The second kappa shape index (κ2) is 8.91. The second-order valence-electron chi connectivity index (χ2n) is 8.24. The van der Waals surface area contributed by atoms with Gasteiger partial charge in [0.05, 0.1) is 12.7 Å². The van der Waals surface area contributed by atoms with Crippen molar-refractivity contribution in [2.45, 2.75) is 38.0 Å². The van der Waals surface area contributed by atoms with Gasteiger partial charge in [-0.2, -0.15) is 0 Å². The maximum Gasteiger partial charge on any atom is 0.338 e. The van der Waals surface area contributed by atoms with Crippen LogP contribution in [0.15, 0.2) is 48.5 Å². The van der Waals surface area contributed by atoms with Crippen LogP contribution in [0.2, 0.25) is 0 Å². The Bertz CT molecular complexity index is 869. The molecule has 4 heteroatoms. The molecular weight excluding hydrogens is 362 g/mol. The molecule has 4 rings (SSSR count). The molecule has 1 atom stereocenters. The van der Waals surface area contributed by atoms with E-state index in [1.54, 1.807) is 12.1 Å². The minimum absolute atomic E-state index is 0.0576. The quantitative estimate of drug-likeness (QED) is 0.705. The predicted molar refractivity (Wildman–Crippen MR) is 113 cm³/mol. The van der Waals surface area contributed by atoms with E-state index in [9.17, 15) is 9.59 Å². The zero-order valence-corrected chi connectivity index (χ0v) is 17.1. The van der Waals surface area contributed by atoms with Crippen LogP contribution >= 0.6 is 0 Å². The molecule has 1 aliphatic heterocycles. The lowest BCUT2D eigenvalue weighted by molar-refractivity contribution is 0.0599. The highest BCUT2D eigenvalue weighted by molar-refractivity contribution is 6.03. The summed E-state index contributed by atoms with van der Waals surface area (Å²) >= 11 is 0. The summed E-state index contributed by atoms with van der Waals surface area (Å²) in [4.78, 5) is 27.5. The summed E-state index contributed by atoms with van der Waals surface area (Å²) in [6.45, 7) is 3.18. The molecule has 0 amide bonds. The average Bonchev–Trinajstić information content (AvgIpc) is 2.79. The summed E-state index contributed by atoms with van der Waals surface area (Å²) in [6, 6.07) is 16.2. The topological polar surface area (TPSA) is 46.6 Å². The Morgan fingerprint density at radius 2 is 1.79 bits per heavy atom. The maximum atomic E-state index is 13.0. The van der Waals surface area contributed by atoms with Gasteiger partial charge in [-0.3, -0.25) is 4.79 Å². The predicted octanol–water partition coefficient (Wildman–Crippen LogP) is 4.49. The number of methoxy groups -OCH3 is 1. The molecule has 4 nitrogen and oxygen atoms in total. The van der Waals surface area contributed by atoms with Crippen LogP contribution in [0.3, 0.4) is 0 Å². The van der Waals surface area contributed by atoms with Crippen LogP contribution in [-0.4, -0.2) is 43.4 Å². The van der Waals surface area contributed by atoms with E-state index in [0.29, 0.717) is 17.0 Å². The van der Waals surface area contributed by atoms with Crippen molar-refractivity contribution in [3.8, 4) is 0 Å². The number of carbonyl (C=O) groups is 2. The molecule has 1 unspecified atom stereocenters. The number of esters is 1. The number of hydrogen-bond acceptors (Lipinski definition) is 4. The molecule has 0 saturated carbocycles. The van der Waals surface area contributed by atoms with E-state index in [-0.39, 0.29) is 17.7 Å². The normalized spacial score (nSPS) is 20.3. The molecule has 1 heterocycles. The van der Waals surface area contributed by atoms with Crippen molar-refractivity contribution in [1.82, 2.24) is 4.90 Å². The molecule has 152 valence electrons. The molecule has 0 spiro atoms. The highest BCUT2D eigenvalue weighted by atomic mass is 16.5. The van der Waals surface area contributed by atoms with Gasteiger partial charge in [0.25, 0.3) is 0 Å². The van der Waals surface area contributed by atoms with Gasteiger partial charge < -0.3 is 9.64 Å². The first-order valence-electron chi connectivity index (χ1n) is 10.7. The van der Waals surface area contributed by atoms with E-state index < -0.39 is 0 Å². The number of ether oxygens (including phenoxy) is 1. The van der Waals surface area contributed by atoms with Crippen LogP contribution in [-0.2, 0) is 11.2 Å². The Hall–Kier alpha value is -2.46. The number of rotatable bonds is 5. The first kappa shape index (κ1) is 19.8. The third kappa shape index (κ3) is 4.27. The third-order valence-electron chi connectivity index (χ3n) is 6.61. The van der Waals surface area contributed by atoms with Gasteiger partial charge in [0.15, 0.2) is 5.78 Å². The number of fused-ring (bicyclic) bond motifs is 1. The summed E-state index contributed by atoms with van der Waals surface area (Å²) in [5.41, 5.74) is 3.57. The van der Waals surface area contributed by atoms with Crippen LogP contribution in [0, 0.1) is 5.92 Å². The Labute approximate surface area is 172 Å². The highest BCUT2D eigenvalue weighted by Crippen LogP contribution is 2.32. The summed E-state index contributed by atoms with van der Waals surface area (Å²) < 4.78 is 4.87. The van der Waals surface area contributed by atoms with Crippen molar-refractivity contribution in [2.24, 2.45) is 5.92 Å². The molecule has 0 aromatic heterocycles. The second-order valence-corrected chi connectivity index (χ2v) is 8.24. The molecule has 0 bridgehead atoms. The molecule has 0 radical (unpaired) electrons. The van der Waals surface area contributed by atoms with Gasteiger partial charge >= 0.3 is 5.97 Å². The van der Waals surface area contributed by atoms with Gasteiger partial charge in [0.2, 0.25) is 0 Å². The van der Waals surface area contributed by atoms with Crippen molar-refractivity contribution in [3.05, 3.63) is 70.8 Å². The number of piperidine rings is 1. The summed E-state index contributed by atoms with van der Waals surface area (Å²) in [5.74, 6) is 0.556. The minimum Gasteiger partial charge on any atom is -0.465 e. The van der Waals surface area contributed by atoms with Crippen LogP contribution < -0.4 is 0 Å². The van der Waals surface area contributed by atoms with Crippen LogP contribution in [0.4, 0.5) is 0 Å². The Balaban J connectivity index is 1.33. The molecule has 2 aliphatic rings. The van der Waals surface area contributed by atoms with E-state index in [1.165, 1.54) is 25.5 Å². The molecule has 2 aromatic carbocycles. The van der Waals surface area contributed by atoms with Gasteiger partial charge in [0, 0.05) is 11.5 Å². The van der Waals surface area contributed by atoms with Gasteiger partial charge in [-0.05, 0) is 74.8 Å². The monoisotopic (exact) mass is 391 g/mol. The average molecular weight is 392 g/mol. The lowest BCUT2D eigenvalue weighted by Crippen LogP contribution is -2.36. The molecule has 1 fully saturated rings. The number of likely N-dealkylation sites (tertiary alicyclic amines) is 1. The SMILES string of the molecule is COC(=O)c1cccc2c1CCC(CCN1CCC(c3ccccc3)CC1)C2=O. The van der Waals surface area contributed by atoms with Gasteiger partial charge in [-0.1, -0.05) is 42.5 Å². The Morgan fingerprint density at radius 3 is 2.52 bits per heavy atom. The largest absolute Gasteiger partial charge is 0.465 e. The molecule has 0 N–H and O–H groups in total. The fourth-order valence-corrected chi connectivity index (χ4v) is 4.89. The number of ketones is 1. The number of hydrogen-bond donors (Lipinski definition) is 0. The molecule has 1 saturated heterocycles. The van der Waals surface area contributed by atoms with E-state index >= 15 is 0 Å². The first-order valence-corrected chi connectivity index (χ1v) is 10.7. The molecule has 29 heavy (non-hydrogen) atoms. The molecule has 1 aliphatic carbocycles. The van der Waals surface area contributed by atoms with Crippen LogP contribution in [0.1, 0.15) is 63.4 Å². The number of benzene rings is 2. The van der Waals surface area contributed by atoms with Crippen LogP contribution in [0.25, 0.3) is 0 Å². The number of nitrogens with zero attached hydrogens (tertiary/aromatic N) is 1. The summed E-state index contributed by atoms with van der Waals surface area (Å²) in [7, 11) is 1.39. The van der Waals surface area contributed by atoms with Crippen molar-refractivity contribution < 1.29 is 14.3 Å². The molecule has 2 aromatic rings. The summed E-state index contributed by atoms with van der Waals surface area (Å²) in [5, 5.41) is 0. The highest BCUT2D eigenvalue weighted by Gasteiger charge is 2.31. The van der Waals surface area contributed by atoms with Crippen molar-refractivity contribution in [3.63, 3.8) is 0 Å². The lowest BCUT2D eigenvalue weighted by atomic mass is 9.79.